The molecule has 0 radical (unpaired) electrons. The average Bonchev–Trinajstić information content (AvgIpc) is 3.24. The number of amides is 4. The van der Waals surface area contributed by atoms with Crippen molar-refractivity contribution in [3.8, 4) is 0 Å². The molecule has 0 saturated heterocycles. The molecule has 18 heteroatoms. The highest BCUT2D eigenvalue weighted by Crippen LogP contribution is 2.22. The molecule has 0 spiro atoms. The fraction of sp³-hybridized carbons (Fsp3) is 0.667. The highest BCUT2D eigenvalue weighted by molar-refractivity contribution is 7.99. The number of ether oxygens (including phenoxy) is 2. The summed E-state index contributed by atoms with van der Waals surface area (Å²) < 4.78 is 11.0. The molecule has 1 unspecified atom stereocenters. The van der Waals surface area contributed by atoms with Gasteiger partial charge >= 0.3 is 24.1 Å². The van der Waals surface area contributed by atoms with Crippen molar-refractivity contribution in [2.24, 2.45) is 0 Å². The summed E-state index contributed by atoms with van der Waals surface area (Å²) in [7, 11) is 0. The van der Waals surface area contributed by atoms with Crippen molar-refractivity contribution in [1.29, 1.82) is 0 Å². The van der Waals surface area contributed by atoms with Crippen molar-refractivity contribution >= 4 is 71.2 Å². The minimum atomic E-state index is -1.40. The number of rotatable bonds is 35. The van der Waals surface area contributed by atoms with Crippen LogP contribution in [0.15, 0.2) is 69.9 Å². The van der Waals surface area contributed by atoms with Gasteiger partial charge in [0.05, 0.1) is 6.10 Å². The first-order chi connectivity index (χ1) is 33.5. The van der Waals surface area contributed by atoms with Crippen LogP contribution in [0.5, 0.6) is 0 Å². The zero-order chi connectivity index (χ0) is 55.0. The molecule has 0 aliphatic carbocycles. The van der Waals surface area contributed by atoms with Crippen LogP contribution >= 0.6 is 35.3 Å². The molecular formula is C54H90N4O11S3. The summed E-state index contributed by atoms with van der Waals surface area (Å²) in [4.78, 5) is 75.6. The zero-order valence-electron chi connectivity index (χ0n) is 45.8. The van der Waals surface area contributed by atoms with Crippen molar-refractivity contribution in [3.63, 3.8) is 0 Å². The summed E-state index contributed by atoms with van der Waals surface area (Å²) >= 11 is 4.29. The van der Waals surface area contributed by atoms with Crippen molar-refractivity contribution in [1.82, 2.24) is 21.3 Å². The molecular weight excluding hydrogens is 977 g/mol. The summed E-state index contributed by atoms with van der Waals surface area (Å²) in [6, 6.07) is -4.72. The van der Waals surface area contributed by atoms with E-state index < -0.39 is 77.4 Å². The Hall–Kier alpha value is -4.13. The van der Waals surface area contributed by atoms with E-state index in [-0.39, 0.29) is 11.5 Å². The van der Waals surface area contributed by atoms with Crippen LogP contribution in [-0.4, -0.2) is 128 Å². The molecule has 0 aromatic carbocycles. The lowest BCUT2D eigenvalue weighted by molar-refractivity contribution is -0.142. The van der Waals surface area contributed by atoms with Gasteiger partial charge in [-0.15, -0.1) is 0 Å². The van der Waals surface area contributed by atoms with Crippen molar-refractivity contribution in [3.05, 3.63) is 69.9 Å². The van der Waals surface area contributed by atoms with Crippen LogP contribution in [-0.2, 0) is 28.7 Å². The van der Waals surface area contributed by atoms with Crippen LogP contribution in [0.3, 0.4) is 0 Å². The van der Waals surface area contributed by atoms with E-state index in [2.05, 4.69) is 86.3 Å². The Balaban J connectivity index is 5.04. The maximum absolute atomic E-state index is 13.4. The van der Waals surface area contributed by atoms with Gasteiger partial charge in [0, 0.05) is 29.4 Å². The van der Waals surface area contributed by atoms with E-state index >= 15 is 0 Å². The number of aliphatic hydroxyl groups excluding tert-OH is 1. The van der Waals surface area contributed by atoms with Gasteiger partial charge in [0.15, 0.2) is 0 Å². The van der Waals surface area contributed by atoms with E-state index in [9.17, 15) is 44.1 Å². The number of nitrogens with one attached hydrogen (secondary N) is 4. The maximum Gasteiger partial charge on any atom is 0.408 e. The second-order valence-electron chi connectivity index (χ2n) is 20.2. The van der Waals surface area contributed by atoms with Gasteiger partial charge in [-0.25, -0.2) is 19.2 Å². The molecule has 0 aromatic rings. The number of aliphatic hydroxyl groups is 1. The number of allylic oxidation sites excluding steroid dienone is 9. The number of carbonyl (C=O) groups excluding carboxylic acids is 4. The van der Waals surface area contributed by atoms with Crippen molar-refractivity contribution in [2.75, 3.05) is 35.0 Å². The first-order valence-electron chi connectivity index (χ1n) is 24.8. The Morgan fingerprint density at radius 1 is 0.556 bits per heavy atom. The average molecular weight is 1070 g/mol. The maximum atomic E-state index is 13.4. The minimum absolute atomic E-state index is 0.0789. The molecule has 0 saturated carbocycles. The molecule has 72 heavy (non-hydrogen) atoms. The van der Waals surface area contributed by atoms with Crippen LogP contribution in [0.1, 0.15) is 154 Å². The van der Waals surface area contributed by atoms with Gasteiger partial charge in [-0.1, -0.05) is 69.9 Å². The second-order valence-corrected chi connectivity index (χ2v) is 23.4. The monoisotopic (exact) mass is 1070 g/mol. The van der Waals surface area contributed by atoms with Crippen LogP contribution in [0.25, 0.3) is 0 Å². The highest BCUT2D eigenvalue weighted by Gasteiger charge is 2.32. The Morgan fingerprint density at radius 3 is 1.39 bits per heavy atom. The molecule has 410 valence electrons. The topological polar surface area (TPSA) is 230 Å². The van der Waals surface area contributed by atoms with Crippen LogP contribution in [0, 0.1) is 0 Å². The third kappa shape index (κ3) is 35.1. The molecule has 7 N–H and O–H groups in total. The van der Waals surface area contributed by atoms with Gasteiger partial charge in [0.1, 0.15) is 35.4 Å². The van der Waals surface area contributed by atoms with E-state index in [0.29, 0.717) is 30.1 Å². The van der Waals surface area contributed by atoms with Crippen LogP contribution < -0.4 is 21.3 Å². The fourth-order valence-electron chi connectivity index (χ4n) is 6.84. The predicted octanol–water partition coefficient (Wildman–Crippen LogP) is 10.7. The lowest BCUT2D eigenvalue weighted by atomic mass is 9.97. The molecule has 15 nitrogen and oxygen atoms in total. The number of aliphatic carboxylic acids is 2. The molecule has 0 aliphatic heterocycles. The third-order valence-corrected chi connectivity index (χ3v) is 13.4. The van der Waals surface area contributed by atoms with E-state index in [1.807, 2.05) is 40.0 Å². The summed E-state index contributed by atoms with van der Waals surface area (Å²) in [5.74, 6) is -1.78. The number of carboxylic acids is 2. The Labute approximate surface area is 444 Å². The molecule has 0 aromatic heterocycles. The van der Waals surface area contributed by atoms with E-state index in [1.54, 1.807) is 20.8 Å². The standard InChI is InChI=1S/C54H90N4O11S3/c1-36(2)19-15-20-37(3)21-16-24-39(5)27-31-71-34-44(49(62)63)55-47(60)43(29-30-70-14)57-51(66)69-54(12,13)33-41(7)26-18-23-38(4)22-17-25-40(6)28-32-72-35-45(50(64)65)56-48(61)46(42(8)59)58-52(67)68-53(9,10)11/h19,21-22,26-28,42-46,59H,15-18,20,23-25,29-35H2,1-14H3,(H,55,60)(H,56,61)(H,57,66)(H,58,67)(H,62,63)(H,64,65)/b37-21+,38-22+,39-27+,40-28+,41-26+/t42?,43-,44-,45-,46-/m0/s1. The molecule has 5 atom stereocenters. The zero-order valence-corrected chi connectivity index (χ0v) is 48.2. The van der Waals surface area contributed by atoms with Crippen LogP contribution in [0.4, 0.5) is 9.59 Å². The number of carbonyl (C=O) groups is 6. The first-order valence-corrected chi connectivity index (χ1v) is 28.5. The number of thioether (sulfide) groups is 3. The molecule has 0 aliphatic rings. The fourth-order valence-corrected chi connectivity index (χ4v) is 9.31. The number of carboxylic acid groups (broad SMARTS) is 2. The van der Waals surface area contributed by atoms with Crippen molar-refractivity contribution in [2.45, 2.75) is 196 Å². The predicted molar refractivity (Wildman–Crippen MR) is 299 cm³/mol. The van der Waals surface area contributed by atoms with Gasteiger partial charge in [-0.3, -0.25) is 9.59 Å². The summed E-state index contributed by atoms with van der Waals surface area (Å²) in [6.45, 7) is 24.4. The Bertz CT molecular complexity index is 1910. The molecule has 0 rings (SSSR count). The molecule has 0 bridgehead atoms. The van der Waals surface area contributed by atoms with Gasteiger partial charge in [0.2, 0.25) is 11.8 Å². The summed E-state index contributed by atoms with van der Waals surface area (Å²) in [5, 5.41) is 39.8. The van der Waals surface area contributed by atoms with E-state index in [0.717, 1.165) is 62.5 Å². The lowest BCUT2D eigenvalue weighted by Crippen LogP contribution is -2.56. The third-order valence-electron chi connectivity index (χ3n) is 10.8. The van der Waals surface area contributed by atoms with Gasteiger partial charge in [0.25, 0.3) is 0 Å². The Morgan fingerprint density at radius 2 is 0.972 bits per heavy atom. The SMILES string of the molecule is CSCC[C@H](NC(=O)OC(C)(C)C/C(C)=C/CC/C(C)=C/CC/C(C)=C/CSC[C@H](NC(=O)[C@@H](NC(=O)OC(C)(C)C)C(C)O)C(=O)O)C(=O)N[C@@H](CSC/C=C(\C)CC/C=C(\C)CCC=C(C)C)C(=O)O. The normalized spacial score (nSPS) is 15.1. The summed E-state index contributed by atoms with van der Waals surface area (Å²) in [5.41, 5.74) is 5.65. The summed E-state index contributed by atoms with van der Waals surface area (Å²) in [6.07, 6.45) is 20.0. The first kappa shape index (κ1) is 67.9. The molecule has 0 fully saturated rings. The number of alkyl carbamates (subject to hydrolysis) is 2. The van der Waals surface area contributed by atoms with E-state index in [1.165, 1.54) is 64.5 Å². The van der Waals surface area contributed by atoms with Gasteiger partial charge < -0.3 is 46.1 Å². The minimum Gasteiger partial charge on any atom is -0.480 e. The number of hydrogen-bond acceptors (Lipinski definition) is 12. The molecule has 4 amide bonds. The van der Waals surface area contributed by atoms with Gasteiger partial charge in [-0.2, -0.15) is 35.3 Å². The largest absolute Gasteiger partial charge is 0.480 e. The van der Waals surface area contributed by atoms with Crippen LogP contribution in [0.2, 0.25) is 0 Å². The quantitative estimate of drug-likeness (QED) is 0.0231. The van der Waals surface area contributed by atoms with Crippen molar-refractivity contribution < 1.29 is 53.6 Å². The van der Waals surface area contributed by atoms with Gasteiger partial charge in [-0.05, 0) is 160 Å². The second kappa shape index (κ2) is 36.7. The smallest absolute Gasteiger partial charge is 0.408 e. The highest BCUT2D eigenvalue weighted by atomic mass is 32.2. The lowest BCUT2D eigenvalue weighted by Gasteiger charge is -2.27. The number of hydrogen-bond donors (Lipinski definition) is 7. The molecule has 0 heterocycles. The van der Waals surface area contributed by atoms with E-state index in [4.69, 9.17) is 9.47 Å². The Kier molecular flexibility index (Phi) is 34.6.